The van der Waals surface area contributed by atoms with Gasteiger partial charge in [0, 0.05) is 6.42 Å². The Bertz CT molecular complexity index is 752. The summed E-state index contributed by atoms with van der Waals surface area (Å²) in [5.41, 5.74) is -0.649. The fraction of sp³-hybridized carbons (Fsp3) is 0.500. The van der Waals surface area contributed by atoms with Crippen LogP contribution in [0.1, 0.15) is 5.56 Å². The van der Waals surface area contributed by atoms with Crippen LogP contribution < -0.4 is 0 Å². The number of aliphatic hydroxyl groups excluding tert-OH is 4. The smallest absolute Gasteiger partial charge is 0.466 e. The molecule has 1 saturated heterocycles. The monoisotopic (exact) mass is 425 g/mol. The van der Waals surface area contributed by atoms with E-state index >= 15 is 0 Å². The third-order valence-corrected chi connectivity index (χ3v) is 5.00. The maximum absolute atomic E-state index is 10.8. The first-order valence-electron chi connectivity index (χ1n) is 7.58. The molecule has 11 nitrogen and oxygen atoms in total. The molecule has 5 atom stereocenters. The Morgan fingerprint density at radius 3 is 2.33 bits per heavy atom. The van der Waals surface area contributed by atoms with Crippen LogP contribution in [0.4, 0.5) is 0 Å². The van der Waals surface area contributed by atoms with Crippen LogP contribution in [-0.4, -0.2) is 80.0 Å². The van der Waals surface area contributed by atoms with Crippen LogP contribution in [-0.2, 0) is 25.8 Å². The highest BCUT2D eigenvalue weighted by Gasteiger charge is 2.44. The topological polar surface area (TPSA) is 186 Å². The van der Waals surface area contributed by atoms with Gasteiger partial charge in [0.1, 0.15) is 40.6 Å². The lowest BCUT2D eigenvalue weighted by atomic mass is 10.0. The number of aromatic hydroxyl groups is 1. The molecule has 0 unspecified atom stereocenters. The van der Waals surface area contributed by atoms with Crippen molar-refractivity contribution < 1.29 is 47.5 Å². The minimum Gasteiger partial charge on any atom is -0.508 e. The number of nitrogens with zero attached hydrogens (tertiary/aromatic N) is 1. The van der Waals surface area contributed by atoms with E-state index in [1.165, 1.54) is 24.3 Å². The van der Waals surface area contributed by atoms with Crippen molar-refractivity contribution in [1.82, 2.24) is 0 Å². The minimum absolute atomic E-state index is 0.00742. The molecule has 1 aromatic rings. The average molecular weight is 425 g/mol. The van der Waals surface area contributed by atoms with Crippen molar-refractivity contribution in [3.8, 4) is 5.75 Å². The van der Waals surface area contributed by atoms with Crippen molar-refractivity contribution in [2.45, 2.75) is 36.3 Å². The van der Waals surface area contributed by atoms with E-state index in [0.717, 1.165) is 0 Å². The molecule has 1 fully saturated rings. The van der Waals surface area contributed by atoms with Crippen LogP contribution in [0.25, 0.3) is 0 Å². The molecule has 13 heteroatoms. The fourth-order valence-corrected chi connectivity index (χ4v) is 3.60. The first-order chi connectivity index (χ1) is 12.6. The van der Waals surface area contributed by atoms with Gasteiger partial charge in [0.05, 0.1) is 6.61 Å². The van der Waals surface area contributed by atoms with E-state index in [-0.39, 0.29) is 17.2 Å². The van der Waals surface area contributed by atoms with Crippen molar-refractivity contribution in [2.24, 2.45) is 5.16 Å². The van der Waals surface area contributed by atoms with Crippen LogP contribution in [0.2, 0.25) is 0 Å². The van der Waals surface area contributed by atoms with Gasteiger partial charge in [-0.25, -0.2) is 4.28 Å². The van der Waals surface area contributed by atoms with E-state index in [0.29, 0.717) is 17.3 Å². The average Bonchev–Trinajstić information content (AvgIpc) is 2.61. The zero-order chi connectivity index (χ0) is 20.2. The third kappa shape index (κ3) is 6.29. The molecule has 0 aromatic heterocycles. The molecule has 2 rings (SSSR count). The lowest BCUT2D eigenvalue weighted by Crippen LogP contribution is -2.57. The summed E-state index contributed by atoms with van der Waals surface area (Å²) in [5.74, 6) is 0.00742. The SMILES string of the molecule is O=S(=O)(O)ON=C(Cc1ccc(O)cc1)S[C@H]1O[C@H](CO)[C@@H](O)[C@H](O)[C@H]1O. The van der Waals surface area contributed by atoms with Crippen LogP contribution >= 0.6 is 11.8 Å². The molecule has 27 heavy (non-hydrogen) atoms. The summed E-state index contributed by atoms with van der Waals surface area (Å²) >= 11 is 0.671. The van der Waals surface area contributed by atoms with E-state index < -0.39 is 46.9 Å². The van der Waals surface area contributed by atoms with Gasteiger partial charge in [-0.2, -0.15) is 8.42 Å². The Hall–Kier alpha value is -1.45. The second-order valence-corrected chi connectivity index (χ2v) is 7.82. The summed E-state index contributed by atoms with van der Waals surface area (Å²) in [7, 11) is -4.88. The number of hydrogen-bond acceptors (Lipinski definition) is 11. The zero-order valence-corrected chi connectivity index (χ0v) is 15.3. The zero-order valence-electron chi connectivity index (χ0n) is 13.7. The van der Waals surface area contributed by atoms with E-state index in [1.807, 2.05) is 0 Å². The number of rotatable bonds is 6. The van der Waals surface area contributed by atoms with Gasteiger partial charge in [0.15, 0.2) is 0 Å². The first-order valence-corrected chi connectivity index (χ1v) is 9.83. The largest absolute Gasteiger partial charge is 0.508 e. The van der Waals surface area contributed by atoms with Gasteiger partial charge < -0.3 is 30.3 Å². The second kappa shape index (κ2) is 9.16. The van der Waals surface area contributed by atoms with Crippen molar-refractivity contribution in [3.63, 3.8) is 0 Å². The Labute approximate surface area is 158 Å². The summed E-state index contributed by atoms with van der Waals surface area (Å²) in [4.78, 5) is 0. The Kier molecular flexibility index (Phi) is 7.41. The number of benzene rings is 1. The predicted molar refractivity (Wildman–Crippen MR) is 93.2 cm³/mol. The summed E-state index contributed by atoms with van der Waals surface area (Å²) in [6.45, 7) is -0.631. The molecular weight excluding hydrogens is 406 g/mol. The summed E-state index contributed by atoms with van der Waals surface area (Å²) in [5, 5.41) is 51.4. The number of thioether (sulfide) groups is 1. The quantitative estimate of drug-likeness (QED) is 0.136. The molecule has 1 aromatic carbocycles. The lowest BCUT2D eigenvalue weighted by Gasteiger charge is -2.39. The highest BCUT2D eigenvalue weighted by molar-refractivity contribution is 8.14. The molecular formula is C14H19NO10S2. The molecule has 0 aliphatic carbocycles. The van der Waals surface area contributed by atoms with Crippen molar-refractivity contribution in [3.05, 3.63) is 29.8 Å². The van der Waals surface area contributed by atoms with E-state index in [9.17, 15) is 34.0 Å². The van der Waals surface area contributed by atoms with Crippen LogP contribution in [0.3, 0.4) is 0 Å². The maximum Gasteiger partial charge on any atom is 0.466 e. The summed E-state index contributed by atoms with van der Waals surface area (Å²) < 4.78 is 39.6. The third-order valence-electron chi connectivity index (χ3n) is 3.63. The van der Waals surface area contributed by atoms with Gasteiger partial charge in [-0.05, 0) is 17.7 Å². The molecule has 0 amide bonds. The Morgan fingerprint density at radius 2 is 1.78 bits per heavy atom. The molecule has 0 radical (unpaired) electrons. The Balaban J connectivity index is 2.20. The number of hydrogen-bond donors (Lipinski definition) is 6. The van der Waals surface area contributed by atoms with E-state index in [1.54, 1.807) is 0 Å². The van der Waals surface area contributed by atoms with Crippen molar-refractivity contribution >= 4 is 27.2 Å². The molecule has 152 valence electrons. The number of oxime groups is 1. The van der Waals surface area contributed by atoms with Crippen LogP contribution in [0, 0.1) is 0 Å². The molecule has 0 spiro atoms. The Morgan fingerprint density at radius 1 is 1.15 bits per heavy atom. The standard InChI is InChI=1S/C14H19NO10S2/c16-6-9-11(18)12(19)13(20)14(24-9)26-10(15-25-27(21,22)23)5-7-1-3-8(17)4-2-7/h1-4,9,11-14,16-20H,5-6H2,(H,21,22,23)/t9-,11-,12+,13-,14-/m1/s1. The van der Waals surface area contributed by atoms with Gasteiger partial charge in [0.25, 0.3) is 0 Å². The number of aliphatic hydroxyl groups is 4. The molecule has 1 heterocycles. The summed E-state index contributed by atoms with van der Waals surface area (Å²) in [6, 6.07) is 5.81. The molecule has 1 aliphatic heterocycles. The van der Waals surface area contributed by atoms with Crippen molar-refractivity contribution in [2.75, 3.05) is 6.61 Å². The maximum atomic E-state index is 10.8. The van der Waals surface area contributed by atoms with Gasteiger partial charge >= 0.3 is 10.4 Å². The molecule has 0 saturated carbocycles. The minimum atomic E-state index is -4.88. The normalized spacial score (nSPS) is 29.5. The van der Waals surface area contributed by atoms with E-state index in [4.69, 9.17) is 9.29 Å². The van der Waals surface area contributed by atoms with Crippen molar-refractivity contribution in [1.29, 1.82) is 0 Å². The first kappa shape index (κ1) is 21.8. The molecule has 6 N–H and O–H groups in total. The van der Waals surface area contributed by atoms with Gasteiger partial charge in [-0.15, -0.1) is 0 Å². The van der Waals surface area contributed by atoms with Gasteiger partial charge in [-0.3, -0.25) is 4.55 Å². The number of phenolic OH excluding ortho intramolecular Hbond substituents is 1. The molecule has 0 bridgehead atoms. The van der Waals surface area contributed by atoms with Gasteiger partial charge in [-0.1, -0.05) is 29.1 Å². The lowest BCUT2D eigenvalue weighted by molar-refractivity contribution is -0.205. The van der Waals surface area contributed by atoms with E-state index in [2.05, 4.69) is 9.44 Å². The number of phenols is 1. The highest BCUT2D eigenvalue weighted by atomic mass is 32.3. The summed E-state index contributed by atoms with van der Waals surface area (Å²) in [6.07, 6.45) is -5.93. The molecule has 1 aliphatic rings. The fourth-order valence-electron chi connectivity index (χ4n) is 2.27. The van der Waals surface area contributed by atoms with Crippen LogP contribution in [0.5, 0.6) is 5.75 Å². The van der Waals surface area contributed by atoms with Crippen LogP contribution in [0.15, 0.2) is 29.4 Å². The van der Waals surface area contributed by atoms with Gasteiger partial charge in [0.2, 0.25) is 0 Å². The highest BCUT2D eigenvalue weighted by Crippen LogP contribution is 2.30. The predicted octanol–water partition coefficient (Wildman–Crippen LogP) is -1.40. The number of ether oxygens (including phenoxy) is 1. The second-order valence-electron chi connectivity index (χ2n) is 5.65.